The van der Waals surface area contributed by atoms with Gasteiger partial charge in [-0.15, -0.1) is 12.3 Å². The van der Waals surface area contributed by atoms with E-state index in [1.54, 1.807) is 0 Å². The van der Waals surface area contributed by atoms with Crippen LogP contribution in [0.3, 0.4) is 0 Å². The SMILES string of the molecule is C#CCCC1(CCC(=O)N2CC3(CC3)c3ccccc32)N=N1. The monoisotopic (exact) mass is 293 g/mol. The van der Waals surface area contributed by atoms with Crippen LogP contribution in [0.15, 0.2) is 34.5 Å². The van der Waals surface area contributed by atoms with Gasteiger partial charge in [0.2, 0.25) is 5.91 Å². The van der Waals surface area contributed by atoms with Crippen molar-refractivity contribution in [3.63, 3.8) is 0 Å². The van der Waals surface area contributed by atoms with Crippen molar-refractivity contribution in [3.8, 4) is 12.3 Å². The molecule has 1 amide bonds. The number of nitrogens with zero attached hydrogens (tertiary/aromatic N) is 3. The van der Waals surface area contributed by atoms with Crippen LogP contribution in [0, 0.1) is 12.3 Å². The van der Waals surface area contributed by atoms with Gasteiger partial charge in [-0.25, -0.2) is 0 Å². The Morgan fingerprint density at radius 1 is 1.27 bits per heavy atom. The quantitative estimate of drug-likeness (QED) is 0.767. The molecule has 0 saturated heterocycles. The van der Waals surface area contributed by atoms with Crippen LogP contribution in [-0.4, -0.2) is 18.1 Å². The first-order chi connectivity index (χ1) is 10.7. The summed E-state index contributed by atoms with van der Waals surface area (Å²) in [5, 5.41) is 8.23. The molecule has 0 atom stereocenters. The number of para-hydroxylation sites is 1. The second-order valence-corrected chi connectivity index (χ2v) is 6.66. The highest BCUT2D eigenvalue weighted by molar-refractivity contribution is 5.96. The van der Waals surface area contributed by atoms with Gasteiger partial charge in [-0.05, 0) is 24.5 Å². The Balaban J connectivity index is 1.43. The van der Waals surface area contributed by atoms with Crippen molar-refractivity contribution in [2.24, 2.45) is 10.2 Å². The summed E-state index contributed by atoms with van der Waals surface area (Å²) in [6, 6.07) is 8.33. The molecule has 0 radical (unpaired) electrons. The van der Waals surface area contributed by atoms with Crippen LogP contribution in [0.25, 0.3) is 0 Å². The first-order valence-electron chi connectivity index (χ1n) is 7.96. The van der Waals surface area contributed by atoms with Gasteiger partial charge in [0.05, 0.1) is 0 Å². The molecule has 0 N–H and O–H groups in total. The molecule has 1 aromatic rings. The topological polar surface area (TPSA) is 45.0 Å². The fourth-order valence-corrected chi connectivity index (χ4v) is 3.54. The Hall–Kier alpha value is -2.15. The summed E-state index contributed by atoms with van der Waals surface area (Å²) >= 11 is 0. The van der Waals surface area contributed by atoms with Gasteiger partial charge in [0.25, 0.3) is 0 Å². The molecule has 1 saturated carbocycles. The van der Waals surface area contributed by atoms with E-state index in [0.29, 0.717) is 19.3 Å². The fraction of sp³-hybridized carbons (Fsp3) is 0.500. The maximum Gasteiger partial charge on any atom is 0.227 e. The van der Waals surface area contributed by atoms with Crippen molar-refractivity contribution in [1.29, 1.82) is 0 Å². The van der Waals surface area contributed by atoms with E-state index in [0.717, 1.165) is 18.7 Å². The Bertz CT molecular complexity index is 691. The molecule has 2 heterocycles. The summed E-state index contributed by atoms with van der Waals surface area (Å²) in [6.45, 7) is 0.844. The number of anilines is 1. The van der Waals surface area contributed by atoms with Gasteiger partial charge >= 0.3 is 0 Å². The van der Waals surface area contributed by atoms with Crippen molar-refractivity contribution in [2.75, 3.05) is 11.4 Å². The average molecular weight is 293 g/mol. The van der Waals surface area contributed by atoms with E-state index in [2.05, 4.69) is 34.3 Å². The van der Waals surface area contributed by atoms with E-state index >= 15 is 0 Å². The number of hydrogen-bond donors (Lipinski definition) is 0. The number of rotatable bonds is 5. The van der Waals surface area contributed by atoms with E-state index in [1.807, 2.05) is 11.0 Å². The predicted octanol–water partition coefficient (Wildman–Crippen LogP) is 3.42. The smallest absolute Gasteiger partial charge is 0.227 e. The van der Waals surface area contributed by atoms with Crippen molar-refractivity contribution < 1.29 is 4.79 Å². The minimum absolute atomic E-state index is 0.189. The number of carbonyl (C=O) groups excluding carboxylic acids is 1. The molecule has 4 heteroatoms. The van der Waals surface area contributed by atoms with E-state index in [1.165, 1.54) is 18.4 Å². The fourth-order valence-electron chi connectivity index (χ4n) is 3.54. The summed E-state index contributed by atoms with van der Waals surface area (Å²) in [4.78, 5) is 14.6. The molecule has 2 aliphatic heterocycles. The van der Waals surface area contributed by atoms with E-state index in [-0.39, 0.29) is 17.0 Å². The number of fused-ring (bicyclic) bond motifs is 2. The average Bonchev–Trinajstić information content (AvgIpc) is 3.44. The van der Waals surface area contributed by atoms with Crippen molar-refractivity contribution >= 4 is 11.6 Å². The minimum atomic E-state index is -0.363. The van der Waals surface area contributed by atoms with Crippen molar-refractivity contribution in [3.05, 3.63) is 29.8 Å². The molecule has 22 heavy (non-hydrogen) atoms. The number of carbonyl (C=O) groups is 1. The Kier molecular flexibility index (Phi) is 2.87. The van der Waals surface area contributed by atoms with E-state index in [9.17, 15) is 4.79 Å². The molecule has 112 valence electrons. The Morgan fingerprint density at radius 3 is 2.73 bits per heavy atom. The van der Waals surface area contributed by atoms with Gasteiger partial charge < -0.3 is 4.90 Å². The molecule has 1 spiro atoms. The lowest BCUT2D eigenvalue weighted by Crippen LogP contribution is -2.32. The molecule has 4 nitrogen and oxygen atoms in total. The first-order valence-corrected chi connectivity index (χ1v) is 7.96. The van der Waals surface area contributed by atoms with Crippen molar-refractivity contribution in [1.82, 2.24) is 0 Å². The van der Waals surface area contributed by atoms with Crippen LogP contribution in [0.4, 0.5) is 5.69 Å². The largest absolute Gasteiger partial charge is 0.311 e. The number of terminal acetylenes is 1. The molecule has 3 aliphatic rings. The molecule has 0 bridgehead atoms. The van der Waals surface area contributed by atoms with Gasteiger partial charge in [-0.3, -0.25) is 4.79 Å². The Labute approximate surface area is 130 Å². The maximum atomic E-state index is 12.7. The Morgan fingerprint density at radius 2 is 2.05 bits per heavy atom. The summed E-state index contributed by atoms with van der Waals surface area (Å²) in [5.41, 5.74) is 2.35. The third kappa shape index (κ3) is 2.12. The lowest BCUT2D eigenvalue weighted by Gasteiger charge is -2.18. The zero-order valence-electron chi connectivity index (χ0n) is 12.6. The summed E-state index contributed by atoms with van der Waals surface area (Å²) in [6.07, 6.45) is 10.3. The van der Waals surface area contributed by atoms with Crippen LogP contribution in [-0.2, 0) is 10.2 Å². The van der Waals surface area contributed by atoms with Gasteiger partial charge in [-0.2, -0.15) is 10.2 Å². The number of amides is 1. The van der Waals surface area contributed by atoms with Crippen LogP contribution in [0.5, 0.6) is 0 Å². The highest BCUT2D eigenvalue weighted by Crippen LogP contribution is 2.56. The van der Waals surface area contributed by atoms with Crippen LogP contribution in [0.2, 0.25) is 0 Å². The molecule has 1 aliphatic carbocycles. The first kappa shape index (κ1) is 13.5. The molecule has 4 rings (SSSR count). The molecular weight excluding hydrogens is 274 g/mol. The molecule has 1 aromatic carbocycles. The van der Waals surface area contributed by atoms with Crippen LogP contribution < -0.4 is 4.90 Å². The van der Waals surface area contributed by atoms with Crippen LogP contribution >= 0.6 is 0 Å². The number of hydrogen-bond acceptors (Lipinski definition) is 3. The summed E-state index contributed by atoms with van der Waals surface area (Å²) in [5.74, 6) is 2.81. The molecule has 0 unspecified atom stereocenters. The third-order valence-corrected chi connectivity index (χ3v) is 5.17. The second kappa shape index (κ2) is 4.67. The molecule has 1 fully saturated rings. The lowest BCUT2D eigenvalue weighted by atomic mass is 9.99. The van der Waals surface area contributed by atoms with Gasteiger partial charge in [-0.1, -0.05) is 18.2 Å². The second-order valence-electron chi connectivity index (χ2n) is 6.66. The summed E-state index contributed by atoms with van der Waals surface area (Å²) in [7, 11) is 0. The van der Waals surface area contributed by atoms with Gasteiger partial charge in [0.15, 0.2) is 5.66 Å². The van der Waals surface area contributed by atoms with Crippen molar-refractivity contribution in [2.45, 2.75) is 49.6 Å². The van der Waals surface area contributed by atoms with E-state index in [4.69, 9.17) is 6.42 Å². The van der Waals surface area contributed by atoms with Gasteiger partial charge in [0.1, 0.15) is 0 Å². The minimum Gasteiger partial charge on any atom is -0.311 e. The van der Waals surface area contributed by atoms with Crippen LogP contribution in [0.1, 0.15) is 44.1 Å². The summed E-state index contributed by atoms with van der Waals surface area (Å²) < 4.78 is 0. The standard InChI is InChI=1S/C18H19N3O/c1-2-3-9-18(19-20-18)10-8-16(22)21-13-17(11-12-17)14-6-4-5-7-15(14)21/h1,4-7H,3,8-13H2. The molecular formula is C18H19N3O. The highest BCUT2D eigenvalue weighted by Gasteiger charge is 2.52. The maximum absolute atomic E-state index is 12.7. The van der Waals surface area contributed by atoms with Gasteiger partial charge in [0, 0.05) is 43.3 Å². The third-order valence-electron chi connectivity index (χ3n) is 5.17. The zero-order chi connectivity index (χ0) is 15.2. The molecule has 0 aromatic heterocycles. The lowest BCUT2D eigenvalue weighted by molar-refractivity contribution is -0.118. The zero-order valence-corrected chi connectivity index (χ0v) is 12.6. The normalized spacial score (nSPS) is 21.5. The number of benzene rings is 1. The highest BCUT2D eigenvalue weighted by atomic mass is 16.2. The van der Waals surface area contributed by atoms with E-state index < -0.39 is 0 Å². The predicted molar refractivity (Wildman–Crippen MR) is 84.6 cm³/mol.